The van der Waals surface area contributed by atoms with Crippen LogP contribution in [0.25, 0.3) is 0 Å². The molecular formula is C17H17BrO3. The molecule has 3 rings (SSSR count). The lowest BCUT2D eigenvalue weighted by Gasteiger charge is -2.13. The highest BCUT2D eigenvalue weighted by Crippen LogP contribution is 2.31. The van der Waals surface area contributed by atoms with Crippen molar-refractivity contribution in [2.24, 2.45) is 0 Å². The molecule has 0 saturated heterocycles. The largest absolute Gasteiger partial charge is 0.496 e. The summed E-state index contributed by atoms with van der Waals surface area (Å²) in [6, 6.07) is 11.8. The smallest absolute Gasteiger partial charge is 0.133 e. The van der Waals surface area contributed by atoms with E-state index in [0.29, 0.717) is 6.42 Å². The highest BCUT2D eigenvalue weighted by atomic mass is 79.9. The summed E-state index contributed by atoms with van der Waals surface area (Å²) < 4.78 is 11.6. The summed E-state index contributed by atoms with van der Waals surface area (Å²) >= 11 is 3.47. The Hall–Kier alpha value is -1.52. The molecule has 0 amide bonds. The minimum atomic E-state index is -0.517. The van der Waals surface area contributed by atoms with Crippen molar-refractivity contribution >= 4 is 15.9 Å². The van der Waals surface area contributed by atoms with Crippen LogP contribution < -0.4 is 9.47 Å². The van der Waals surface area contributed by atoms with E-state index in [2.05, 4.69) is 15.9 Å². The van der Waals surface area contributed by atoms with Gasteiger partial charge in [0.1, 0.15) is 11.5 Å². The van der Waals surface area contributed by atoms with Crippen molar-refractivity contribution in [3.8, 4) is 11.5 Å². The van der Waals surface area contributed by atoms with Gasteiger partial charge in [0.15, 0.2) is 0 Å². The minimum Gasteiger partial charge on any atom is -0.496 e. The molecule has 0 fully saturated rings. The van der Waals surface area contributed by atoms with Gasteiger partial charge in [-0.05, 0) is 56.9 Å². The highest BCUT2D eigenvalue weighted by Gasteiger charge is 2.16. The van der Waals surface area contributed by atoms with Gasteiger partial charge in [0.25, 0.3) is 0 Å². The molecule has 0 aromatic heterocycles. The molecule has 1 heterocycles. The number of hydrogen-bond donors (Lipinski definition) is 1. The molecule has 1 N–H and O–H groups in total. The molecule has 0 radical (unpaired) electrons. The van der Waals surface area contributed by atoms with Crippen LogP contribution in [0, 0.1) is 0 Å². The van der Waals surface area contributed by atoms with Gasteiger partial charge in [0.05, 0.1) is 24.3 Å². The first kappa shape index (κ1) is 14.4. The second-order valence-electron chi connectivity index (χ2n) is 5.15. The normalized spacial score (nSPS) is 14.4. The summed E-state index contributed by atoms with van der Waals surface area (Å²) in [5.41, 5.74) is 3.18. The van der Waals surface area contributed by atoms with E-state index in [4.69, 9.17) is 9.47 Å². The Balaban J connectivity index is 1.76. The van der Waals surface area contributed by atoms with Gasteiger partial charge >= 0.3 is 0 Å². The minimum absolute atomic E-state index is 0.517. The lowest BCUT2D eigenvalue weighted by Crippen LogP contribution is -2.02. The molecule has 21 heavy (non-hydrogen) atoms. The highest BCUT2D eigenvalue weighted by molar-refractivity contribution is 9.10. The third kappa shape index (κ3) is 3.06. The van der Waals surface area contributed by atoms with Crippen molar-refractivity contribution < 1.29 is 14.6 Å². The molecular weight excluding hydrogens is 332 g/mol. The van der Waals surface area contributed by atoms with Gasteiger partial charge in [-0.1, -0.05) is 12.1 Å². The van der Waals surface area contributed by atoms with E-state index in [-0.39, 0.29) is 0 Å². The summed E-state index contributed by atoms with van der Waals surface area (Å²) in [4.78, 5) is 0. The van der Waals surface area contributed by atoms with Gasteiger partial charge in [0, 0.05) is 12.8 Å². The van der Waals surface area contributed by atoms with E-state index < -0.39 is 6.10 Å². The monoisotopic (exact) mass is 348 g/mol. The molecule has 0 spiro atoms. The molecule has 1 atom stereocenters. The fourth-order valence-corrected chi connectivity index (χ4v) is 3.18. The number of halogens is 1. The van der Waals surface area contributed by atoms with E-state index in [9.17, 15) is 5.11 Å². The van der Waals surface area contributed by atoms with Crippen LogP contribution in [-0.2, 0) is 12.8 Å². The summed E-state index contributed by atoms with van der Waals surface area (Å²) in [5.74, 6) is 1.74. The number of aliphatic hydroxyl groups is 1. The van der Waals surface area contributed by atoms with Gasteiger partial charge in [-0.2, -0.15) is 0 Å². The van der Waals surface area contributed by atoms with Crippen LogP contribution in [0.15, 0.2) is 40.9 Å². The van der Waals surface area contributed by atoms with Gasteiger partial charge in [-0.15, -0.1) is 0 Å². The molecule has 1 unspecified atom stereocenters. The van der Waals surface area contributed by atoms with Crippen molar-refractivity contribution in [2.75, 3.05) is 13.7 Å². The number of fused-ring (bicyclic) bond motifs is 1. The molecule has 110 valence electrons. The Labute approximate surface area is 132 Å². The first-order valence-corrected chi connectivity index (χ1v) is 7.73. The molecule has 0 saturated carbocycles. The van der Waals surface area contributed by atoms with Crippen molar-refractivity contribution in [2.45, 2.75) is 18.9 Å². The molecule has 2 aromatic rings. The Morgan fingerprint density at radius 1 is 1.29 bits per heavy atom. The fraction of sp³-hybridized carbons (Fsp3) is 0.294. The van der Waals surface area contributed by atoms with Crippen molar-refractivity contribution in [1.82, 2.24) is 0 Å². The first-order valence-electron chi connectivity index (χ1n) is 6.93. The molecule has 1 aliphatic heterocycles. The Morgan fingerprint density at radius 3 is 2.90 bits per heavy atom. The Kier molecular flexibility index (Phi) is 4.17. The molecule has 0 aliphatic carbocycles. The zero-order valence-corrected chi connectivity index (χ0v) is 13.4. The van der Waals surface area contributed by atoms with E-state index in [1.165, 1.54) is 5.56 Å². The van der Waals surface area contributed by atoms with Gasteiger partial charge in [0.2, 0.25) is 0 Å². The molecule has 1 aliphatic rings. The zero-order valence-electron chi connectivity index (χ0n) is 11.8. The van der Waals surface area contributed by atoms with Crippen molar-refractivity contribution in [1.29, 1.82) is 0 Å². The zero-order chi connectivity index (χ0) is 14.8. The second-order valence-corrected chi connectivity index (χ2v) is 6.01. The number of aliphatic hydroxyl groups excluding tert-OH is 1. The lowest BCUT2D eigenvalue weighted by atomic mass is 9.99. The third-order valence-electron chi connectivity index (χ3n) is 3.74. The predicted octanol–water partition coefficient (Wildman–Crippen LogP) is 3.67. The molecule has 0 bridgehead atoms. The van der Waals surface area contributed by atoms with Crippen LogP contribution >= 0.6 is 15.9 Å². The van der Waals surface area contributed by atoms with Gasteiger partial charge < -0.3 is 14.6 Å². The number of methoxy groups -OCH3 is 1. The standard InChI is InChI=1S/C17H17BrO3/c1-20-17-4-2-11(8-14(17)18)9-15(19)12-3-5-16-13(10-12)6-7-21-16/h2-5,8,10,15,19H,6-7,9H2,1H3. The molecule has 2 aromatic carbocycles. The predicted molar refractivity (Wildman–Crippen MR) is 85.0 cm³/mol. The number of ether oxygens (including phenoxy) is 2. The Bertz CT molecular complexity index is 654. The quantitative estimate of drug-likeness (QED) is 0.916. The van der Waals surface area contributed by atoms with Gasteiger partial charge in [-0.3, -0.25) is 0 Å². The summed E-state index contributed by atoms with van der Waals surface area (Å²) in [7, 11) is 1.64. The average Bonchev–Trinajstić information content (AvgIpc) is 2.94. The maximum Gasteiger partial charge on any atom is 0.133 e. The average molecular weight is 349 g/mol. The second kappa shape index (κ2) is 6.08. The first-order chi connectivity index (χ1) is 10.2. The lowest BCUT2D eigenvalue weighted by molar-refractivity contribution is 0.178. The van der Waals surface area contributed by atoms with Crippen molar-refractivity contribution in [3.63, 3.8) is 0 Å². The maximum atomic E-state index is 10.4. The van der Waals surface area contributed by atoms with E-state index in [0.717, 1.165) is 40.1 Å². The molecule has 4 heteroatoms. The van der Waals surface area contributed by atoms with Crippen LogP contribution in [-0.4, -0.2) is 18.8 Å². The van der Waals surface area contributed by atoms with Crippen LogP contribution in [0.1, 0.15) is 22.8 Å². The SMILES string of the molecule is COc1ccc(CC(O)c2ccc3c(c2)CCO3)cc1Br. The van der Waals surface area contributed by atoms with E-state index >= 15 is 0 Å². The van der Waals surface area contributed by atoms with Gasteiger partial charge in [-0.25, -0.2) is 0 Å². The van der Waals surface area contributed by atoms with E-state index in [1.807, 2.05) is 36.4 Å². The summed E-state index contributed by atoms with van der Waals surface area (Å²) in [5, 5.41) is 10.4. The maximum absolute atomic E-state index is 10.4. The number of benzene rings is 2. The van der Waals surface area contributed by atoms with Crippen molar-refractivity contribution in [3.05, 3.63) is 57.6 Å². The van der Waals surface area contributed by atoms with Crippen LogP contribution in [0.2, 0.25) is 0 Å². The summed E-state index contributed by atoms with van der Waals surface area (Å²) in [6.45, 7) is 0.736. The number of hydrogen-bond acceptors (Lipinski definition) is 3. The Morgan fingerprint density at radius 2 is 2.14 bits per heavy atom. The number of rotatable bonds is 4. The fourth-order valence-electron chi connectivity index (χ4n) is 2.59. The topological polar surface area (TPSA) is 38.7 Å². The van der Waals surface area contributed by atoms with Crippen LogP contribution in [0.3, 0.4) is 0 Å². The van der Waals surface area contributed by atoms with Crippen LogP contribution in [0.4, 0.5) is 0 Å². The summed E-state index contributed by atoms with van der Waals surface area (Å²) in [6.07, 6.45) is 0.975. The van der Waals surface area contributed by atoms with E-state index in [1.54, 1.807) is 7.11 Å². The third-order valence-corrected chi connectivity index (χ3v) is 4.36. The van der Waals surface area contributed by atoms with Crippen LogP contribution in [0.5, 0.6) is 11.5 Å². The molecule has 3 nitrogen and oxygen atoms in total.